The highest BCUT2D eigenvalue weighted by Gasteiger charge is 2.18. The van der Waals surface area contributed by atoms with Gasteiger partial charge in [0.15, 0.2) is 5.96 Å². The average molecular weight is 323 g/mol. The second-order valence-corrected chi connectivity index (χ2v) is 6.78. The Bertz CT molecular complexity index is 434. The van der Waals surface area contributed by atoms with Crippen molar-refractivity contribution in [2.24, 2.45) is 10.7 Å². The number of guanidine groups is 1. The molecule has 5 heteroatoms. The van der Waals surface area contributed by atoms with Crippen molar-refractivity contribution < 1.29 is 0 Å². The van der Waals surface area contributed by atoms with Gasteiger partial charge in [-0.2, -0.15) is 11.3 Å². The summed E-state index contributed by atoms with van der Waals surface area (Å²) in [6.07, 6.45) is 6.42. The Balaban J connectivity index is 1.95. The van der Waals surface area contributed by atoms with Crippen LogP contribution in [0.15, 0.2) is 21.8 Å². The summed E-state index contributed by atoms with van der Waals surface area (Å²) in [7, 11) is 0. The van der Waals surface area contributed by atoms with E-state index in [2.05, 4.69) is 45.9 Å². The second-order valence-electron chi connectivity index (χ2n) is 6.00. The molecule has 0 aliphatic heterocycles. The fourth-order valence-electron chi connectivity index (χ4n) is 3.25. The predicted octanol–water partition coefficient (Wildman–Crippen LogP) is 3.37. The van der Waals surface area contributed by atoms with Gasteiger partial charge in [-0.3, -0.25) is 9.89 Å². The Morgan fingerprint density at radius 3 is 2.68 bits per heavy atom. The maximum atomic E-state index is 6.11. The van der Waals surface area contributed by atoms with Gasteiger partial charge in [-0.15, -0.1) is 0 Å². The summed E-state index contributed by atoms with van der Waals surface area (Å²) < 4.78 is 0. The molecule has 0 bridgehead atoms. The summed E-state index contributed by atoms with van der Waals surface area (Å²) in [5.74, 6) is 0.610. The van der Waals surface area contributed by atoms with E-state index in [1.165, 1.54) is 37.7 Å². The topological polar surface area (TPSA) is 53.6 Å². The molecule has 1 aliphatic rings. The van der Waals surface area contributed by atoms with Crippen molar-refractivity contribution in [1.82, 2.24) is 10.2 Å². The van der Waals surface area contributed by atoms with Crippen LogP contribution in [-0.2, 0) is 0 Å². The summed E-state index contributed by atoms with van der Waals surface area (Å²) in [4.78, 5) is 7.08. The van der Waals surface area contributed by atoms with E-state index >= 15 is 0 Å². The van der Waals surface area contributed by atoms with E-state index in [1.807, 2.05) is 0 Å². The van der Waals surface area contributed by atoms with Gasteiger partial charge in [-0.25, -0.2) is 0 Å². The Morgan fingerprint density at radius 1 is 1.36 bits per heavy atom. The number of nitrogens with zero attached hydrogens (tertiary/aromatic N) is 2. The highest BCUT2D eigenvalue weighted by Crippen LogP contribution is 2.23. The van der Waals surface area contributed by atoms with Gasteiger partial charge >= 0.3 is 0 Å². The zero-order valence-corrected chi connectivity index (χ0v) is 14.7. The van der Waals surface area contributed by atoms with E-state index in [1.54, 1.807) is 11.3 Å². The van der Waals surface area contributed by atoms with E-state index in [9.17, 15) is 0 Å². The largest absolute Gasteiger partial charge is 0.370 e. The van der Waals surface area contributed by atoms with Crippen molar-refractivity contribution in [1.29, 1.82) is 0 Å². The number of thiophene rings is 1. The number of hydrogen-bond acceptors (Lipinski definition) is 3. The van der Waals surface area contributed by atoms with Crippen LogP contribution in [0.1, 0.15) is 57.6 Å². The molecule has 1 heterocycles. The monoisotopic (exact) mass is 322 g/mol. The molecule has 1 aliphatic carbocycles. The van der Waals surface area contributed by atoms with Crippen LogP contribution in [0.4, 0.5) is 0 Å². The Kier molecular flexibility index (Phi) is 7.19. The minimum Gasteiger partial charge on any atom is -0.370 e. The Morgan fingerprint density at radius 2 is 2.09 bits per heavy atom. The number of rotatable bonds is 7. The fourth-order valence-corrected chi connectivity index (χ4v) is 3.95. The molecule has 22 heavy (non-hydrogen) atoms. The first-order valence-electron chi connectivity index (χ1n) is 8.57. The molecule has 1 fully saturated rings. The molecule has 3 N–H and O–H groups in total. The SMILES string of the molecule is CCN(CC)C(CN=C(N)NC1CCCCC1)c1ccsc1. The molecular weight excluding hydrogens is 292 g/mol. The molecule has 2 rings (SSSR count). The Labute approximate surface area is 138 Å². The molecule has 0 spiro atoms. The van der Waals surface area contributed by atoms with Gasteiger partial charge in [-0.1, -0.05) is 33.1 Å². The highest BCUT2D eigenvalue weighted by molar-refractivity contribution is 7.07. The molecule has 1 aromatic heterocycles. The molecule has 1 aromatic rings. The van der Waals surface area contributed by atoms with E-state index in [-0.39, 0.29) is 0 Å². The highest BCUT2D eigenvalue weighted by atomic mass is 32.1. The van der Waals surface area contributed by atoms with Crippen molar-refractivity contribution in [3.05, 3.63) is 22.4 Å². The quantitative estimate of drug-likeness (QED) is 0.598. The number of nitrogens with two attached hydrogens (primary N) is 1. The van der Waals surface area contributed by atoms with Gasteiger partial charge in [0, 0.05) is 6.04 Å². The number of hydrogen-bond donors (Lipinski definition) is 2. The van der Waals surface area contributed by atoms with Gasteiger partial charge in [0.2, 0.25) is 0 Å². The minimum atomic E-state index is 0.327. The first-order valence-corrected chi connectivity index (χ1v) is 9.51. The predicted molar refractivity (Wildman–Crippen MR) is 96.5 cm³/mol. The van der Waals surface area contributed by atoms with Crippen molar-refractivity contribution in [3.63, 3.8) is 0 Å². The lowest BCUT2D eigenvalue weighted by Crippen LogP contribution is -2.41. The standard InChI is InChI=1S/C17H30N4S/c1-3-21(4-2)16(14-10-11-22-13-14)12-19-17(18)20-15-8-6-5-7-9-15/h10-11,13,15-16H,3-9,12H2,1-2H3,(H3,18,19,20). The van der Waals surface area contributed by atoms with Crippen LogP contribution in [0.2, 0.25) is 0 Å². The zero-order valence-electron chi connectivity index (χ0n) is 13.9. The summed E-state index contributed by atoms with van der Waals surface area (Å²) >= 11 is 1.75. The lowest BCUT2D eigenvalue weighted by molar-refractivity contribution is 0.224. The molecule has 4 nitrogen and oxygen atoms in total. The third kappa shape index (κ3) is 4.99. The summed E-state index contributed by atoms with van der Waals surface area (Å²) in [6, 6.07) is 3.05. The van der Waals surface area contributed by atoms with Crippen LogP contribution in [0.5, 0.6) is 0 Å². The minimum absolute atomic E-state index is 0.327. The number of nitrogens with one attached hydrogen (secondary N) is 1. The molecule has 1 unspecified atom stereocenters. The number of likely N-dealkylation sites (N-methyl/N-ethyl adjacent to an activating group) is 1. The number of aliphatic imine (C=N–C) groups is 1. The molecule has 124 valence electrons. The maximum Gasteiger partial charge on any atom is 0.188 e. The van der Waals surface area contributed by atoms with E-state index in [0.717, 1.165) is 19.6 Å². The van der Waals surface area contributed by atoms with Crippen molar-refractivity contribution in [2.75, 3.05) is 19.6 Å². The van der Waals surface area contributed by atoms with Gasteiger partial charge in [0.25, 0.3) is 0 Å². The van der Waals surface area contributed by atoms with Crippen LogP contribution in [0.25, 0.3) is 0 Å². The lowest BCUT2D eigenvalue weighted by Gasteiger charge is -2.28. The lowest BCUT2D eigenvalue weighted by atomic mass is 9.96. The molecule has 0 amide bonds. The zero-order chi connectivity index (χ0) is 15.8. The van der Waals surface area contributed by atoms with Crippen molar-refractivity contribution >= 4 is 17.3 Å². The van der Waals surface area contributed by atoms with Crippen LogP contribution < -0.4 is 11.1 Å². The first kappa shape index (κ1) is 17.3. The van der Waals surface area contributed by atoms with Crippen LogP contribution in [0, 0.1) is 0 Å². The maximum absolute atomic E-state index is 6.11. The first-order chi connectivity index (χ1) is 10.7. The molecule has 1 atom stereocenters. The van der Waals surface area contributed by atoms with E-state index < -0.39 is 0 Å². The van der Waals surface area contributed by atoms with Gasteiger partial charge in [0.05, 0.1) is 12.6 Å². The normalized spacial score (nSPS) is 18.6. The van der Waals surface area contributed by atoms with Gasteiger partial charge in [0.1, 0.15) is 0 Å². The second kappa shape index (κ2) is 9.16. The summed E-state index contributed by atoms with van der Waals surface area (Å²) in [5.41, 5.74) is 7.46. The van der Waals surface area contributed by atoms with Crippen LogP contribution in [-0.4, -0.2) is 36.5 Å². The summed E-state index contributed by atoms with van der Waals surface area (Å²) in [5, 5.41) is 7.77. The fraction of sp³-hybridized carbons (Fsp3) is 0.706. The van der Waals surface area contributed by atoms with Crippen LogP contribution >= 0.6 is 11.3 Å². The third-order valence-corrected chi connectivity index (χ3v) is 5.27. The van der Waals surface area contributed by atoms with Gasteiger partial charge in [-0.05, 0) is 48.3 Å². The Hall–Kier alpha value is -1.07. The molecule has 0 saturated heterocycles. The van der Waals surface area contributed by atoms with E-state index in [0.29, 0.717) is 18.0 Å². The van der Waals surface area contributed by atoms with Gasteiger partial charge < -0.3 is 11.1 Å². The molecular formula is C17H30N4S. The average Bonchev–Trinajstić information content (AvgIpc) is 3.06. The smallest absolute Gasteiger partial charge is 0.188 e. The molecule has 1 saturated carbocycles. The van der Waals surface area contributed by atoms with Crippen molar-refractivity contribution in [3.8, 4) is 0 Å². The molecule has 0 aromatic carbocycles. The van der Waals surface area contributed by atoms with E-state index in [4.69, 9.17) is 5.73 Å². The third-order valence-electron chi connectivity index (χ3n) is 4.57. The molecule has 0 radical (unpaired) electrons. The summed E-state index contributed by atoms with van der Waals surface area (Å²) in [6.45, 7) is 7.20. The van der Waals surface area contributed by atoms with Crippen molar-refractivity contribution in [2.45, 2.75) is 58.0 Å². The van der Waals surface area contributed by atoms with Crippen LogP contribution in [0.3, 0.4) is 0 Å².